The minimum absolute atomic E-state index is 0.0665. The average molecular weight is 563 g/mol. The largest absolute Gasteiger partial charge is 0.383 e. The van der Waals surface area contributed by atoms with Gasteiger partial charge in [0.25, 0.3) is 5.91 Å². The highest BCUT2D eigenvalue weighted by Crippen LogP contribution is 2.53. The zero-order chi connectivity index (χ0) is 26.3. The summed E-state index contributed by atoms with van der Waals surface area (Å²) < 4.78 is 78.6. The summed E-state index contributed by atoms with van der Waals surface area (Å²) in [7, 11) is 0. The normalized spacial score (nSPS) is 16.6. The minimum atomic E-state index is -5.16. The smallest absolute Gasteiger partial charge is 0.326 e. The molecular formula is C20H12Cl3F6N3O3. The van der Waals surface area contributed by atoms with Gasteiger partial charge < -0.3 is 16.0 Å². The summed E-state index contributed by atoms with van der Waals surface area (Å²) >= 11 is 17.6. The molecule has 188 valence electrons. The Morgan fingerprint density at radius 3 is 2.23 bits per heavy atom. The highest BCUT2D eigenvalue weighted by Gasteiger charge is 2.56. The first kappa shape index (κ1) is 26.9. The Labute approximate surface area is 207 Å². The number of benzene rings is 2. The summed E-state index contributed by atoms with van der Waals surface area (Å²) in [5.74, 6) is -13.3. The van der Waals surface area contributed by atoms with Gasteiger partial charge in [-0.3, -0.25) is 14.4 Å². The number of hydrogen-bond acceptors (Lipinski definition) is 3. The Morgan fingerprint density at radius 1 is 1.03 bits per heavy atom. The first-order valence-corrected chi connectivity index (χ1v) is 10.5. The van der Waals surface area contributed by atoms with E-state index in [9.17, 15) is 40.7 Å². The van der Waals surface area contributed by atoms with Gasteiger partial charge in [-0.1, -0.05) is 11.6 Å². The van der Waals surface area contributed by atoms with Crippen molar-refractivity contribution in [1.82, 2.24) is 0 Å². The van der Waals surface area contributed by atoms with Crippen LogP contribution in [0.5, 0.6) is 0 Å². The van der Waals surface area contributed by atoms with Crippen LogP contribution in [0.25, 0.3) is 0 Å². The van der Waals surface area contributed by atoms with Gasteiger partial charge in [0.05, 0.1) is 22.2 Å². The molecule has 2 aromatic rings. The van der Waals surface area contributed by atoms with Gasteiger partial charge in [0.15, 0.2) is 5.82 Å². The third-order valence-electron chi connectivity index (χ3n) is 4.78. The lowest BCUT2D eigenvalue weighted by atomic mass is 10.1. The SMILES string of the molecule is O=C(Nc1c(F)ccc(NC(=O)C(F)(F)C(F)F)c1F)c1cc(NC(=O)C2CC2(Cl)Cl)ccc1Cl. The number of anilines is 3. The highest BCUT2D eigenvalue weighted by atomic mass is 35.5. The molecule has 35 heavy (non-hydrogen) atoms. The van der Waals surface area contributed by atoms with Gasteiger partial charge in [0, 0.05) is 5.69 Å². The van der Waals surface area contributed by atoms with Crippen molar-refractivity contribution in [1.29, 1.82) is 0 Å². The zero-order valence-corrected chi connectivity index (χ0v) is 19.1. The monoisotopic (exact) mass is 561 g/mol. The minimum Gasteiger partial charge on any atom is -0.326 e. The fourth-order valence-electron chi connectivity index (χ4n) is 2.75. The standard InChI is InChI=1S/C20H12Cl3F6N3O3/c21-10-2-1-7(30-16(34)9-6-19(9,22)23)5-8(10)15(33)32-14-11(24)3-4-12(13(14)25)31-18(35)20(28,29)17(26)27/h1-5,9,17H,6H2,(H,30,34)(H,31,35)(H,32,33). The van der Waals surface area contributed by atoms with E-state index in [1.807, 2.05) is 5.32 Å². The quantitative estimate of drug-likeness (QED) is 0.293. The van der Waals surface area contributed by atoms with E-state index < -0.39 is 63.3 Å². The summed E-state index contributed by atoms with van der Waals surface area (Å²) in [6.45, 7) is 0. The van der Waals surface area contributed by atoms with E-state index >= 15 is 0 Å². The molecule has 1 unspecified atom stereocenters. The number of nitrogens with one attached hydrogen (secondary N) is 3. The van der Waals surface area contributed by atoms with Crippen LogP contribution in [0.3, 0.4) is 0 Å². The first-order valence-electron chi connectivity index (χ1n) is 9.40. The molecule has 2 aromatic carbocycles. The van der Waals surface area contributed by atoms with Crippen molar-refractivity contribution < 1.29 is 40.7 Å². The molecule has 0 aromatic heterocycles. The number of rotatable bonds is 7. The molecule has 0 aliphatic heterocycles. The van der Waals surface area contributed by atoms with Crippen LogP contribution < -0.4 is 16.0 Å². The van der Waals surface area contributed by atoms with Crippen LogP contribution in [0.15, 0.2) is 30.3 Å². The predicted molar refractivity (Wildman–Crippen MR) is 117 cm³/mol. The van der Waals surface area contributed by atoms with Gasteiger partial charge >= 0.3 is 18.3 Å². The van der Waals surface area contributed by atoms with Crippen molar-refractivity contribution in [3.8, 4) is 0 Å². The van der Waals surface area contributed by atoms with Crippen molar-refractivity contribution in [3.63, 3.8) is 0 Å². The summed E-state index contributed by atoms with van der Waals surface area (Å²) in [5.41, 5.74) is -2.59. The zero-order valence-electron chi connectivity index (χ0n) is 16.9. The topological polar surface area (TPSA) is 87.3 Å². The lowest BCUT2D eigenvalue weighted by Gasteiger charge is -2.17. The molecule has 0 bridgehead atoms. The Bertz CT molecular complexity index is 1210. The van der Waals surface area contributed by atoms with Crippen LogP contribution in [0.4, 0.5) is 43.4 Å². The number of amides is 3. The fourth-order valence-corrected chi connectivity index (χ4v) is 3.46. The molecule has 15 heteroatoms. The molecule has 1 saturated carbocycles. The average Bonchev–Trinajstić information content (AvgIpc) is 3.42. The Balaban J connectivity index is 1.81. The second-order valence-corrected chi connectivity index (χ2v) is 9.27. The summed E-state index contributed by atoms with van der Waals surface area (Å²) in [6.07, 6.45) is -4.18. The van der Waals surface area contributed by atoms with Crippen molar-refractivity contribution in [3.05, 3.63) is 52.6 Å². The first-order chi connectivity index (χ1) is 16.1. The molecule has 6 nitrogen and oxygen atoms in total. The fraction of sp³-hybridized carbons (Fsp3) is 0.250. The van der Waals surface area contributed by atoms with E-state index in [-0.39, 0.29) is 22.7 Å². The van der Waals surface area contributed by atoms with Gasteiger partial charge in [-0.05, 0) is 36.8 Å². The van der Waals surface area contributed by atoms with E-state index in [4.69, 9.17) is 34.8 Å². The van der Waals surface area contributed by atoms with Gasteiger partial charge in [0.1, 0.15) is 15.8 Å². The maximum Gasteiger partial charge on any atom is 0.383 e. The molecule has 0 saturated heterocycles. The second-order valence-electron chi connectivity index (χ2n) is 7.32. The van der Waals surface area contributed by atoms with Crippen molar-refractivity contribution in [2.75, 3.05) is 16.0 Å². The summed E-state index contributed by atoms with van der Waals surface area (Å²) in [5, 5.41) is 5.30. The van der Waals surface area contributed by atoms with Crippen LogP contribution in [0.2, 0.25) is 5.02 Å². The maximum absolute atomic E-state index is 14.7. The maximum atomic E-state index is 14.7. The van der Waals surface area contributed by atoms with Gasteiger partial charge in [-0.15, -0.1) is 23.2 Å². The van der Waals surface area contributed by atoms with E-state index in [0.29, 0.717) is 12.1 Å². The van der Waals surface area contributed by atoms with E-state index in [1.165, 1.54) is 17.4 Å². The molecule has 0 spiro atoms. The predicted octanol–water partition coefficient (Wildman–Crippen LogP) is 5.84. The third-order valence-corrected chi connectivity index (χ3v) is 5.94. The number of carbonyl (C=O) groups is 3. The Kier molecular flexibility index (Phi) is 7.49. The van der Waals surface area contributed by atoms with Gasteiger partial charge in [-0.25, -0.2) is 17.6 Å². The highest BCUT2D eigenvalue weighted by molar-refractivity contribution is 6.52. The lowest BCUT2D eigenvalue weighted by molar-refractivity contribution is -0.163. The van der Waals surface area contributed by atoms with Crippen LogP contribution in [-0.4, -0.2) is 34.4 Å². The van der Waals surface area contributed by atoms with Crippen molar-refractivity contribution in [2.45, 2.75) is 23.1 Å². The summed E-state index contributed by atoms with van der Waals surface area (Å²) in [6, 6.07) is 4.59. The Morgan fingerprint density at radius 2 is 1.66 bits per heavy atom. The van der Waals surface area contributed by atoms with Gasteiger partial charge in [0.2, 0.25) is 5.91 Å². The van der Waals surface area contributed by atoms with E-state index in [1.54, 1.807) is 0 Å². The van der Waals surface area contributed by atoms with E-state index in [0.717, 1.165) is 6.07 Å². The van der Waals surface area contributed by atoms with Crippen LogP contribution in [0.1, 0.15) is 16.8 Å². The number of alkyl halides is 6. The number of hydrogen-bond donors (Lipinski definition) is 3. The van der Waals surface area contributed by atoms with Crippen molar-refractivity contribution >= 4 is 69.6 Å². The second kappa shape index (κ2) is 9.75. The molecule has 1 aliphatic carbocycles. The molecule has 0 radical (unpaired) electrons. The Hall–Kier alpha value is -2.70. The molecule has 1 fully saturated rings. The number of carbonyl (C=O) groups excluding carboxylic acids is 3. The molecule has 0 heterocycles. The number of halogens is 9. The van der Waals surface area contributed by atoms with Crippen LogP contribution in [-0.2, 0) is 9.59 Å². The van der Waals surface area contributed by atoms with E-state index in [2.05, 4.69) is 5.32 Å². The van der Waals surface area contributed by atoms with Crippen LogP contribution in [0, 0.1) is 17.6 Å². The molecule has 3 rings (SSSR count). The molecule has 1 aliphatic rings. The summed E-state index contributed by atoms with van der Waals surface area (Å²) in [4.78, 5) is 36.1. The molecular weight excluding hydrogens is 551 g/mol. The van der Waals surface area contributed by atoms with Gasteiger partial charge in [-0.2, -0.15) is 8.78 Å². The molecule has 1 atom stereocenters. The van der Waals surface area contributed by atoms with Crippen molar-refractivity contribution in [2.24, 2.45) is 5.92 Å². The van der Waals surface area contributed by atoms with Crippen LogP contribution >= 0.6 is 34.8 Å². The third kappa shape index (κ3) is 5.76. The molecule has 3 N–H and O–H groups in total. The lowest BCUT2D eigenvalue weighted by Crippen LogP contribution is -2.41. The molecule has 3 amide bonds.